The smallest absolute Gasteiger partial charge is 0.152 e. The van der Waals surface area contributed by atoms with Gasteiger partial charge in [0.05, 0.1) is 18.0 Å². The second-order valence-corrected chi connectivity index (χ2v) is 8.35. The van der Waals surface area contributed by atoms with Crippen LogP contribution in [0.3, 0.4) is 0 Å². The molecular weight excluding hydrogens is 286 g/mol. The van der Waals surface area contributed by atoms with Gasteiger partial charge in [0.25, 0.3) is 0 Å². The molecule has 0 aliphatic rings. The summed E-state index contributed by atoms with van der Waals surface area (Å²) in [5.74, 6) is 1.04. The Balaban J connectivity index is 2.69. The van der Waals surface area contributed by atoms with Crippen LogP contribution in [0, 0.1) is 19.8 Å². The lowest BCUT2D eigenvalue weighted by Crippen LogP contribution is -2.20. The van der Waals surface area contributed by atoms with E-state index in [9.17, 15) is 8.42 Å². The quantitative estimate of drug-likeness (QED) is 0.758. The lowest BCUT2D eigenvalue weighted by Gasteiger charge is -2.08. The van der Waals surface area contributed by atoms with Crippen LogP contribution >= 0.6 is 0 Å². The molecule has 0 aromatic carbocycles. The molecule has 0 spiro atoms. The zero-order valence-electron chi connectivity index (χ0n) is 13.9. The van der Waals surface area contributed by atoms with Crippen molar-refractivity contribution >= 4 is 9.84 Å². The molecule has 0 unspecified atom stereocenters. The summed E-state index contributed by atoms with van der Waals surface area (Å²) >= 11 is 0. The molecular formula is C15H29N3O2S. The first kappa shape index (κ1) is 18.2. The fourth-order valence-corrected chi connectivity index (χ4v) is 3.61. The van der Waals surface area contributed by atoms with Crippen molar-refractivity contribution in [2.75, 3.05) is 18.1 Å². The Morgan fingerprint density at radius 1 is 1.24 bits per heavy atom. The number of sulfone groups is 1. The van der Waals surface area contributed by atoms with Crippen molar-refractivity contribution in [3.8, 4) is 0 Å². The Kier molecular flexibility index (Phi) is 6.87. The molecule has 5 nitrogen and oxygen atoms in total. The van der Waals surface area contributed by atoms with Gasteiger partial charge in [0.2, 0.25) is 0 Å². The number of nitrogens with zero attached hydrogens (tertiary/aromatic N) is 2. The molecule has 0 amide bonds. The molecule has 1 heterocycles. The largest absolute Gasteiger partial charge is 0.312 e. The van der Waals surface area contributed by atoms with E-state index in [4.69, 9.17) is 0 Å². The van der Waals surface area contributed by atoms with Crippen LogP contribution in [0.1, 0.15) is 44.1 Å². The minimum Gasteiger partial charge on any atom is -0.312 e. The van der Waals surface area contributed by atoms with Gasteiger partial charge in [-0.1, -0.05) is 20.8 Å². The SMILES string of the molecule is CCCS(=O)(=O)CCn1nc(C)c(CNCC(C)C)c1C. The van der Waals surface area contributed by atoms with Gasteiger partial charge in [0.15, 0.2) is 9.84 Å². The Morgan fingerprint density at radius 2 is 1.90 bits per heavy atom. The Morgan fingerprint density at radius 3 is 2.48 bits per heavy atom. The van der Waals surface area contributed by atoms with Crippen molar-refractivity contribution in [3.05, 3.63) is 17.0 Å². The molecule has 0 radical (unpaired) electrons. The highest BCUT2D eigenvalue weighted by Gasteiger charge is 2.14. The van der Waals surface area contributed by atoms with Gasteiger partial charge in [-0.2, -0.15) is 5.10 Å². The summed E-state index contributed by atoms with van der Waals surface area (Å²) in [4.78, 5) is 0. The van der Waals surface area contributed by atoms with Gasteiger partial charge in [-0.25, -0.2) is 8.42 Å². The van der Waals surface area contributed by atoms with Gasteiger partial charge >= 0.3 is 0 Å². The van der Waals surface area contributed by atoms with E-state index in [-0.39, 0.29) is 11.5 Å². The van der Waals surface area contributed by atoms with Gasteiger partial charge in [-0.15, -0.1) is 0 Å². The highest BCUT2D eigenvalue weighted by atomic mass is 32.2. The molecule has 1 N–H and O–H groups in total. The van der Waals surface area contributed by atoms with Crippen molar-refractivity contribution in [1.29, 1.82) is 0 Å². The van der Waals surface area contributed by atoms with Crippen LogP contribution in [0.4, 0.5) is 0 Å². The summed E-state index contributed by atoms with van der Waals surface area (Å²) in [6.07, 6.45) is 0.670. The highest BCUT2D eigenvalue weighted by molar-refractivity contribution is 7.91. The van der Waals surface area contributed by atoms with Gasteiger partial charge in [0.1, 0.15) is 0 Å². The molecule has 1 aromatic rings. The molecule has 0 aliphatic heterocycles. The van der Waals surface area contributed by atoms with E-state index in [2.05, 4.69) is 24.3 Å². The molecule has 0 bridgehead atoms. The van der Waals surface area contributed by atoms with Gasteiger partial charge in [-0.05, 0) is 32.7 Å². The van der Waals surface area contributed by atoms with Crippen LogP contribution in [0.15, 0.2) is 0 Å². The molecule has 122 valence electrons. The predicted molar refractivity (Wildman–Crippen MR) is 87.2 cm³/mol. The van der Waals surface area contributed by atoms with E-state index in [1.54, 1.807) is 0 Å². The van der Waals surface area contributed by atoms with Gasteiger partial charge < -0.3 is 5.32 Å². The maximum absolute atomic E-state index is 11.8. The molecule has 0 fully saturated rings. The second-order valence-electron chi connectivity index (χ2n) is 6.05. The Hall–Kier alpha value is -0.880. The van der Waals surface area contributed by atoms with Crippen molar-refractivity contribution < 1.29 is 8.42 Å². The van der Waals surface area contributed by atoms with E-state index in [1.165, 1.54) is 5.56 Å². The van der Waals surface area contributed by atoms with Crippen LogP contribution in [0.25, 0.3) is 0 Å². The first-order valence-corrected chi connectivity index (χ1v) is 9.53. The maximum Gasteiger partial charge on any atom is 0.152 e. The lowest BCUT2D eigenvalue weighted by atomic mass is 10.2. The third-order valence-electron chi connectivity index (χ3n) is 3.51. The van der Waals surface area contributed by atoms with Crippen molar-refractivity contribution in [2.24, 2.45) is 5.92 Å². The Bertz CT molecular complexity index is 548. The third kappa shape index (κ3) is 5.79. The zero-order chi connectivity index (χ0) is 16.0. The third-order valence-corrected chi connectivity index (χ3v) is 5.35. The van der Waals surface area contributed by atoms with Crippen LogP contribution < -0.4 is 5.32 Å². The van der Waals surface area contributed by atoms with Crippen molar-refractivity contribution in [3.63, 3.8) is 0 Å². The minimum atomic E-state index is -2.95. The summed E-state index contributed by atoms with van der Waals surface area (Å²) in [5.41, 5.74) is 3.23. The number of hydrogen-bond acceptors (Lipinski definition) is 4. The molecule has 21 heavy (non-hydrogen) atoms. The summed E-state index contributed by atoms with van der Waals surface area (Å²) in [5, 5.41) is 7.90. The molecule has 0 atom stereocenters. The summed E-state index contributed by atoms with van der Waals surface area (Å²) in [6, 6.07) is 0. The zero-order valence-corrected chi connectivity index (χ0v) is 14.8. The number of hydrogen-bond donors (Lipinski definition) is 1. The van der Waals surface area contributed by atoms with E-state index < -0.39 is 9.84 Å². The fraction of sp³-hybridized carbons (Fsp3) is 0.800. The maximum atomic E-state index is 11.8. The number of aromatic nitrogens is 2. The number of nitrogens with one attached hydrogen (secondary N) is 1. The van der Waals surface area contributed by atoms with E-state index in [0.717, 1.165) is 24.5 Å². The van der Waals surface area contributed by atoms with Crippen LogP contribution in [-0.2, 0) is 22.9 Å². The summed E-state index contributed by atoms with van der Waals surface area (Å²) in [6.45, 7) is 12.4. The van der Waals surface area contributed by atoms with Gasteiger partial charge in [0, 0.05) is 23.6 Å². The second kappa shape index (κ2) is 7.94. The van der Waals surface area contributed by atoms with Crippen LogP contribution in [-0.4, -0.2) is 36.2 Å². The average molecular weight is 315 g/mol. The van der Waals surface area contributed by atoms with E-state index in [1.807, 2.05) is 25.5 Å². The van der Waals surface area contributed by atoms with Crippen LogP contribution in [0.5, 0.6) is 0 Å². The monoisotopic (exact) mass is 315 g/mol. The standard InChI is InChI=1S/C15H29N3O2S/c1-6-8-21(19,20)9-7-18-14(5)15(13(4)17-18)11-16-10-12(2)3/h12,16H,6-11H2,1-5H3. The van der Waals surface area contributed by atoms with E-state index >= 15 is 0 Å². The minimum absolute atomic E-state index is 0.168. The average Bonchev–Trinajstić information content (AvgIpc) is 2.63. The van der Waals surface area contributed by atoms with Crippen molar-refractivity contribution in [1.82, 2.24) is 15.1 Å². The topological polar surface area (TPSA) is 64.0 Å². The summed E-state index contributed by atoms with van der Waals surface area (Å²) < 4.78 is 25.4. The highest BCUT2D eigenvalue weighted by Crippen LogP contribution is 2.13. The normalized spacial score (nSPS) is 12.3. The molecule has 0 saturated heterocycles. The fourth-order valence-electron chi connectivity index (χ4n) is 2.33. The van der Waals surface area contributed by atoms with Gasteiger partial charge in [-0.3, -0.25) is 4.68 Å². The number of rotatable bonds is 9. The first-order chi connectivity index (χ1) is 9.76. The molecule has 1 aromatic heterocycles. The molecule has 6 heteroatoms. The lowest BCUT2D eigenvalue weighted by molar-refractivity contribution is 0.549. The predicted octanol–water partition coefficient (Wildman–Crippen LogP) is 2.07. The van der Waals surface area contributed by atoms with Crippen molar-refractivity contribution in [2.45, 2.75) is 54.1 Å². The Labute approximate surface area is 129 Å². The number of aryl methyl sites for hydroxylation is 2. The first-order valence-electron chi connectivity index (χ1n) is 7.70. The molecule has 0 aliphatic carbocycles. The van der Waals surface area contributed by atoms with Crippen LogP contribution in [0.2, 0.25) is 0 Å². The molecule has 1 rings (SSSR count). The molecule has 0 saturated carbocycles. The summed E-state index contributed by atoms with van der Waals surface area (Å²) in [7, 11) is -2.95. The van der Waals surface area contributed by atoms with E-state index in [0.29, 0.717) is 18.9 Å².